The van der Waals surface area contributed by atoms with Gasteiger partial charge in [0.25, 0.3) is 0 Å². The standard InChI is InChI=1S/C14H24N2OS/c1-5-7-10(2)15-14(17)12(4)16-11(3)13-8-6-9-18-13/h6,8-12,16H,5,7H2,1-4H3,(H,15,17)/t10?,11-,12?/m1/s1. The third kappa shape index (κ3) is 4.78. The van der Waals surface area contributed by atoms with E-state index in [1.807, 2.05) is 13.0 Å². The van der Waals surface area contributed by atoms with Gasteiger partial charge in [-0.2, -0.15) is 0 Å². The molecule has 0 fully saturated rings. The maximum absolute atomic E-state index is 12.0. The predicted octanol–water partition coefficient (Wildman–Crippen LogP) is 3.09. The Bertz CT molecular complexity index is 351. The lowest BCUT2D eigenvalue weighted by Crippen LogP contribution is -2.46. The molecule has 0 saturated carbocycles. The Morgan fingerprint density at radius 1 is 1.39 bits per heavy atom. The van der Waals surface area contributed by atoms with E-state index in [4.69, 9.17) is 0 Å². The van der Waals surface area contributed by atoms with Crippen LogP contribution in [0.5, 0.6) is 0 Å². The second kappa shape index (κ2) is 7.54. The van der Waals surface area contributed by atoms with Gasteiger partial charge in [0.1, 0.15) is 0 Å². The van der Waals surface area contributed by atoms with Crippen molar-refractivity contribution in [2.24, 2.45) is 0 Å². The number of rotatable bonds is 7. The van der Waals surface area contributed by atoms with E-state index in [0.717, 1.165) is 12.8 Å². The lowest BCUT2D eigenvalue weighted by atomic mass is 10.1. The number of hydrogen-bond acceptors (Lipinski definition) is 3. The molecule has 0 spiro atoms. The van der Waals surface area contributed by atoms with Crippen molar-refractivity contribution in [2.45, 2.75) is 58.7 Å². The Hall–Kier alpha value is -0.870. The summed E-state index contributed by atoms with van der Waals surface area (Å²) in [5.41, 5.74) is 0. The van der Waals surface area contributed by atoms with Crippen molar-refractivity contribution in [3.8, 4) is 0 Å². The first kappa shape index (κ1) is 15.2. The molecule has 1 amide bonds. The highest BCUT2D eigenvalue weighted by Gasteiger charge is 2.17. The molecule has 3 atom stereocenters. The lowest BCUT2D eigenvalue weighted by Gasteiger charge is -2.21. The lowest BCUT2D eigenvalue weighted by molar-refractivity contribution is -0.123. The van der Waals surface area contributed by atoms with E-state index >= 15 is 0 Å². The minimum Gasteiger partial charge on any atom is -0.352 e. The average molecular weight is 268 g/mol. The molecule has 1 aromatic rings. The molecule has 0 aliphatic heterocycles. The molecule has 0 radical (unpaired) electrons. The van der Waals surface area contributed by atoms with Crippen LogP contribution in [0, 0.1) is 0 Å². The minimum atomic E-state index is -0.165. The molecule has 4 heteroatoms. The van der Waals surface area contributed by atoms with Crippen LogP contribution in [-0.4, -0.2) is 18.0 Å². The molecular formula is C14H24N2OS. The van der Waals surface area contributed by atoms with Crippen molar-refractivity contribution >= 4 is 17.2 Å². The molecule has 0 aliphatic rings. The Morgan fingerprint density at radius 2 is 2.11 bits per heavy atom. The van der Waals surface area contributed by atoms with Gasteiger partial charge >= 0.3 is 0 Å². The van der Waals surface area contributed by atoms with E-state index in [1.54, 1.807) is 11.3 Å². The molecule has 2 unspecified atom stereocenters. The van der Waals surface area contributed by atoms with Crippen LogP contribution in [0.2, 0.25) is 0 Å². The quantitative estimate of drug-likeness (QED) is 0.798. The number of hydrogen-bond donors (Lipinski definition) is 2. The zero-order valence-corrected chi connectivity index (χ0v) is 12.5. The van der Waals surface area contributed by atoms with Gasteiger partial charge < -0.3 is 5.32 Å². The van der Waals surface area contributed by atoms with Gasteiger partial charge in [0, 0.05) is 17.0 Å². The Morgan fingerprint density at radius 3 is 2.67 bits per heavy atom. The summed E-state index contributed by atoms with van der Waals surface area (Å²) < 4.78 is 0. The predicted molar refractivity (Wildman–Crippen MR) is 77.8 cm³/mol. The fraction of sp³-hybridized carbons (Fsp3) is 0.643. The fourth-order valence-electron chi connectivity index (χ4n) is 1.94. The zero-order chi connectivity index (χ0) is 13.5. The summed E-state index contributed by atoms with van der Waals surface area (Å²) in [6.45, 7) is 8.18. The first-order chi connectivity index (χ1) is 8.54. The minimum absolute atomic E-state index is 0.0827. The van der Waals surface area contributed by atoms with Crippen LogP contribution in [0.4, 0.5) is 0 Å². The monoisotopic (exact) mass is 268 g/mol. The van der Waals surface area contributed by atoms with Crippen LogP contribution in [-0.2, 0) is 4.79 Å². The van der Waals surface area contributed by atoms with Gasteiger partial charge in [-0.1, -0.05) is 19.4 Å². The molecule has 1 aromatic heterocycles. The maximum atomic E-state index is 12.0. The first-order valence-corrected chi connectivity index (χ1v) is 7.52. The maximum Gasteiger partial charge on any atom is 0.237 e. The summed E-state index contributed by atoms with van der Waals surface area (Å²) in [7, 11) is 0. The van der Waals surface area contributed by atoms with Crippen LogP contribution in [0.25, 0.3) is 0 Å². The van der Waals surface area contributed by atoms with Gasteiger partial charge in [-0.15, -0.1) is 11.3 Å². The molecule has 102 valence electrons. The van der Waals surface area contributed by atoms with E-state index in [0.29, 0.717) is 0 Å². The smallest absolute Gasteiger partial charge is 0.237 e. The third-order valence-corrected chi connectivity index (χ3v) is 4.03. The Kier molecular flexibility index (Phi) is 6.36. The highest BCUT2D eigenvalue weighted by molar-refractivity contribution is 7.10. The largest absolute Gasteiger partial charge is 0.352 e. The number of carbonyl (C=O) groups excluding carboxylic acids is 1. The molecule has 1 rings (SSSR count). The van der Waals surface area contributed by atoms with Crippen LogP contribution < -0.4 is 10.6 Å². The second-order valence-electron chi connectivity index (χ2n) is 4.82. The summed E-state index contributed by atoms with van der Waals surface area (Å²) in [5.74, 6) is 0.0827. The molecule has 0 aliphatic carbocycles. The summed E-state index contributed by atoms with van der Waals surface area (Å²) in [6.07, 6.45) is 2.12. The highest BCUT2D eigenvalue weighted by atomic mass is 32.1. The van der Waals surface area contributed by atoms with Gasteiger partial charge in [-0.25, -0.2) is 0 Å². The van der Waals surface area contributed by atoms with Gasteiger partial charge in [-0.05, 0) is 38.6 Å². The molecule has 3 nitrogen and oxygen atoms in total. The van der Waals surface area contributed by atoms with Crippen LogP contribution in [0.1, 0.15) is 51.5 Å². The van der Waals surface area contributed by atoms with E-state index in [2.05, 4.69) is 42.9 Å². The van der Waals surface area contributed by atoms with Crippen molar-refractivity contribution in [1.29, 1.82) is 0 Å². The van der Waals surface area contributed by atoms with Crippen LogP contribution in [0.3, 0.4) is 0 Å². The van der Waals surface area contributed by atoms with E-state index in [9.17, 15) is 4.79 Å². The number of nitrogens with one attached hydrogen (secondary N) is 2. The van der Waals surface area contributed by atoms with Crippen LogP contribution >= 0.6 is 11.3 Å². The summed E-state index contributed by atoms with van der Waals surface area (Å²) >= 11 is 1.71. The van der Waals surface area contributed by atoms with Crippen molar-refractivity contribution in [3.05, 3.63) is 22.4 Å². The van der Waals surface area contributed by atoms with E-state index < -0.39 is 0 Å². The Labute approximate surface area is 114 Å². The zero-order valence-electron chi connectivity index (χ0n) is 11.7. The third-order valence-electron chi connectivity index (χ3n) is 2.97. The summed E-state index contributed by atoms with van der Waals surface area (Å²) in [6, 6.07) is 4.43. The number of amides is 1. The molecule has 0 saturated heterocycles. The number of carbonyl (C=O) groups is 1. The van der Waals surface area contributed by atoms with Gasteiger partial charge in [-0.3, -0.25) is 10.1 Å². The van der Waals surface area contributed by atoms with Crippen molar-refractivity contribution in [3.63, 3.8) is 0 Å². The summed E-state index contributed by atoms with van der Waals surface area (Å²) in [4.78, 5) is 13.2. The molecule has 2 N–H and O–H groups in total. The molecule has 18 heavy (non-hydrogen) atoms. The topological polar surface area (TPSA) is 41.1 Å². The van der Waals surface area contributed by atoms with Crippen molar-refractivity contribution < 1.29 is 4.79 Å². The van der Waals surface area contributed by atoms with Crippen molar-refractivity contribution in [1.82, 2.24) is 10.6 Å². The van der Waals surface area contributed by atoms with Crippen LogP contribution in [0.15, 0.2) is 17.5 Å². The summed E-state index contributed by atoms with van der Waals surface area (Å²) in [5, 5.41) is 8.42. The highest BCUT2D eigenvalue weighted by Crippen LogP contribution is 2.18. The molecule has 0 bridgehead atoms. The molecule has 0 aromatic carbocycles. The van der Waals surface area contributed by atoms with Crippen molar-refractivity contribution in [2.75, 3.05) is 0 Å². The fourth-order valence-corrected chi connectivity index (χ4v) is 2.69. The molecular weight excluding hydrogens is 244 g/mol. The van der Waals surface area contributed by atoms with Gasteiger partial charge in [0.15, 0.2) is 0 Å². The van der Waals surface area contributed by atoms with Gasteiger partial charge in [0.05, 0.1) is 6.04 Å². The second-order valence-corrected chi connectivity index (χ2v) is 5.80. The SMILES string of the molecule is CCCC(C)NC(=O)C(C)N[C@H](C)c1cccs1. The van der Waals surface area contributed by atoms with E-state index in [-0.39, 0.29) is 24.0 Å². The first-order valence-electron chi connectivity index (χ1n) is 6.64. The van der Waals surface area contributed by atoms with Gasteiger partial charge in [0.2, 0.25) is 5.91 Å². The average Bonchev–Trinajstić information content (AvgIpc) is 2.82. The normalized spacial score (nSPS) is 16.0. The molecule has 1 heterocycles. The Balaban J connectivity index is 2.40. The van der Waals surface area contributed by atoms with E-state index in [1.165, 1.54) is 4.88 Å². The number of thiophene rings is 1.